The highest BCUT2D eigenvalue weighted by atomic mass is 16.5. The van der Waals surface area contributed by atoms with Crippen molar-refractivity contribution < 1.29 is 19.1 Å². The number of amides is 2. The third kappa shape index (κ3) is 4.75. The highest BCUT2D eigenvalue weighted by Gasteiger charge is 2.42. The van der Waals surface area contributed by atoms with Crippen molar-refractivity contribution in [2.24, 2.45) is 4.99 Å². The van der Waals surface area contributed by atoms with Crippen LogP contribution < -0.4 is 20.1 Å². The lowest BCUT2D eigenvalue weighted by molar-refractivity contribution is -0.119. The number of nitrogens with zero attached hydrogens (tertiary/aromatic N) is 2. The molecule has 8 nitrogen and oxygen atoms in total. The van der Waals surface area contributed by atoms with E-state index >= 15 is 0 Å². The van der Waals surface area contributed by atoms with Crippen LogP contribution in [-0.4, -0.2) is 61.4 Å². The molecule has 0 aromatic heterocycles. The topological polar surface area (TPSA) is 92.3 Å². The Balaban J connectivity index is 1.35. The fraction of sp³-hybridized carbons (Fsp3) is 0.375. The summed E-state index contributed by atoms with van der Waals surface area (Å²) in [5.41, 5.74) is 1.30. The lowest BCUT2D eigenvalue weighted by atomic mass is 9.98. The highest BCUT2D eigenvalue weighted by molar-refractivity contribution is 6.46. The number of benzene rings is 2. The molecule has 2 amide bonds. The Bertz CT molecular complexity index is 1010. The second kappa shape index (κ2) is 9.40. The summed E-state index contributed by atoms with van der Waals surface area (Å²) in [5, 5.41) is 6.00. The van der Waals surface area contributed by atoms with Crippen molar-refractivity contribution in [1.29, 1.82) is 0 Å². The molecule has 0 unspecified atom stereocenters. The summed E-state index contributed by atoms with van der Waals surface area (Å²) in [6.45, 7) is 4.05. The standard InChI is InChI=1S/C24H28N4O4/c1-3-32-20-7-5-4-6-19(20)25-21(29)16-28-14-12-24(13-15-28)26-22(23(30)27-24)17-8-10-18(31-2)11-9-17/h4-11H,3,12-16H2,1-2H3,(H,25,29)(H,27,30). The lowest BCUT2D eigenvalue weighted by Crippen LogP contribution is -2.52. The maximum Gasteiger partial charge on any atom is 0.272 e. The van der Waals surface area contributed by atoms with Gasteiger partial charge in [0.1, 0.15) is 22.9 Å². The number of likely N-dealkylation sites (tertiary alicyclic amines) is 1. The van der Waals surface area contributed by atoms with E-state index in [4.69, 9.17) is 14.5 Å². The Morgan fingerprint density at radius 3 is 2.56 bits per heavy atom. The Kier molecular flexibility index (Phi) is 6.41. The predicted octanol–water partition coefficient (Wildman–Crippen LogP) is 2.44. The number of nitrogens with one attached hydrogen (secondary N) is 2. The molecule has 8 heteroatoms. The molecule has 2 aromatic carbocycles. The van der Waals surface area contributed by atoms with E-state index in [-0.39, 0.29) is 18.4 Å². The van der Waals surface area contributed by atoms with Crippen LogP contribution in [0.2, 0.25) is 0 Å². The summed E-state index contributed by atoms with van der Waals surface area (Å²) in [6, 6.07) is 14.7. The van der Waals surface area contributed by atoms with Gasteiger partial charge in [0.25, 0.3) is 5.91 Å². The average molecular weight is 437 g/mol. The quantitative estimate of drug-likeness (QED) is 0.696. The fourth-order valence-electron chi connectivity index (χ4n) is 4.07. The molecule has 1 fully saturated rings. The summed E-state index contributed by atoms with van der Waals surface area (Å²) < 4.78 is 10.8. The van der Waals surface area contributed by atoms with Crippen LogP contribution in [0, 0.1) is 0 Å². The van der Waals surface area contributed by atoms with Gasteiger partial charge in [-0.15, -0.1) is 0 Å². The van der Waals surface area contributed by atoms with E-state index in [2.05, 4.69) is 15.5 Å². The van der Waals surface area contributed by atoms with Gasteiger partial charge in [0.15, 0.2) is 0 Å². The summed E-state index contributed by atoms with van der Waals surface area (Å²) in [6.07, 6.45) is 1.31. The van der Waals surface area contributed by atoms with E-state index in [1.54, 1.807) is 7.11 Å². The van der Waals surface area contributed by atoms with Crippen molar-refractivity contribution in [3.63, 3.8) is 0 Å². The molecule has 2 aliphatic rings. The van der Waals surface area contributed by atoms with Gasteiger partial charge in [-0.3, -0.25) is 19.5 Å². The van der Waals surface area contributed by atoms with Crippen LogP contribution in [0.4, 0.5) is 5.69 Å². The molecule has 4 rings (SSSR count). The summed E-state index contributed by atoms with van der Waals surface area (Å²) in [5.74, 6) is 1.15. The van der Waals surface area contributed by atoms with Crippen molar-refractivity contribution >= 4 is 23.2 Å². The maximum absolute atomic E-state index is 12.6. The minimum absolute atomic E-state index is 0.0917. The number of ether oxygens (including phenoxy) is 2. The number of rotatable bonds is 7. The van der Waals surface area contributed by atoms with Gasteiger partial charge < -0.3 is 20.1 Å². The number of methoxy groups -OCH3 is 1. The molecule has 1 saturated heterocycles. The van der Waals surface area contributed by atoms with E-state index < -0.39 is 5.66 Å². The van der Waals surface area contributed by atoms with Gasteiger partial charge >= 0.3 is 0 Å². The molecule has 0 radical (unpaired) electrons. The molecule has 0 saturated carbocycles. The number of hydrogen-bond donors (Lipinski definition) is 2. The van der Waals surface area contributed by atoms with E-state index in [0.717, 1.165) is 11.3 Å². The van der Waals surface area contributed by atoms with Crippen LogP contribution in [0.1, 0.15) is 25.3 Å². The first-order valence-electron chi connectivity index (χ1n) is 10.8. The van der Waals surface area contributed by atoms with Crippen LogP contribution in [0.25, 0.3) is 0 Å². The summed E-state index contributed by atoms with van der Waals surface area (Å²) in [7, 11) is 1.61. The molecule has 0 aliphatic carbocycles. The molecular weight excluding hydrogens is 408 g/mol. The first kappa shape index (κ1) is 21.8. The van der Waals surface area contributed by atoms with Gasteiger partial charge in [0, 0.05) is 31.5 Å². The van der Waals surface area contributed by atoms with Crippen molar-refractivity contribution in [2.45, 2.75) is 25.4 Å². The third-order valence-electron chi connectivity index (χ3n) is 5.76. The van der Waals surface area contributed by atoms with Crippen LogP contribution >= 0.6 is 0 Å². The van der Waals surface area contributed by atoms with Crippen LogP contribution in [0.3, 0.4) is 0 Å². The number of aliphatic imine (C=N–C) groups is 1. The zero-order chi connectivity index (χ0) is 22.6. The third-order valence-corrected chi connectivity index (χ3v) is 5.76. The number of hydrogen-bond acceptors (Lipinski definition) is 6. The van der Waals surface area contributed by atoms with Crippen molar-refractivity contribution in [3.8, 4) is 11.5 Å². The SMILES string of the molecule is CCOc1ccccc1NC(=O)CN1CCC2(CC1)N=C(c1ccc(OC)cc1)C(=O)N2. The molecule has 1 spiro atoms. The first-order chi connectivity index (χ1) is 15.5. The molecule has 2 aliphatic heterocycles. The Hall–Kier alpha value is -3.39. The van der Waals surface area contributed by atoms with E-state index in [1.165, 1.54) is 0 Å². The fourth-order valence-corrected chi connectivity index (χ4v) is 4.07. The molecular formula is C24H28N4O4. The smallest absolute Gasteiger partial charge is 0.272 e. The minimum Gasteiger partial charge on any atom is -0.497 e. The van der Waals surface area contributed by atoms with Crippen LogP contribution in [0.15, 0.2) is 53.5 Å². The van der Waals surface area contributed by atoms with Crippen molar-refractivity contribution in [2.75, 3.05) is 38.7 Å². The Morgan fingerprint density at radius 2 is 1.88 bits per heavy atom. The maximum atomic E-state index is 12.6. The van der Waals surface area contributed by atoms with Gasteiger partial charge in [-0.2, -0.15) is 0 Å². The zero-order valence-electron chi connectivity index (χ0n) is 18.4. The minimum atomic E-state index is -0.596. The van der Waals surface area contributed by atoms with E-state index in [0.29, 0.717) is 49.7 Å². The molecule has 32 heavy (non-hydrogen) atoms. The van der Waals surface area contributed by atoms with Gasteiger partial charge in [0.2, 0.25) is 5.91 Å². The molecule has 2 heterocycles. The normalized spacial score (nSPS) is 17.6. The number of para-hydroxylation sites is 2. The van der Waals surface area contributed by atoms with E-state index in [9.17, 15) is 9.59 Å². The predicted molar refractivity (Wildman–Crippen MR) is 122 cm³/mol. The molecule has 0 bridgehead atoms. The summed E-state index contributed by atoms with van der Waals surface area (Å²) in [4.78, 5) is 32.0. The number of anilines is 1. The van der Waals surface area contributed by atoms with Crippen molar-refractivity contribution in [3.05, 3.63) is 54.1 Å². The lowest BCUT2D eigenvalue weighted by Gasteiger charge is -2.36. The monoisotopic (exact) mass is 436 g/mol. The number of carbonyl (C=O) groups excluding carboxylic acids is 2. The first-order valence-corrected chi connectivity index (χ1v) is 10.8. The number of carbonyl (C=O) groups is 2. The van der Waals surface area contributed by atoms with Gasteiger partial charge in [-0.05, 0) is 43.3 Å². The molecule has 0 atom stereocenters. The zero-order valence-corrected chi connectivity index (χ0v) is 18.4. The summed E-state index contributed by atoms with van der Waals surface area (Å²) >= 11 is 0. The molecule has 2 aromatic rings. The van der Waals surface area contributed by atoms with E-state index in [1.807, 2.05) is 55.5 Å². The number of piperidine rings is 1. The van der Waals surface area contributed by atoms with Gasteiger partial charge in [-0.25, -0.2) is 0 Å². The van der Waals surface area contributed by atoms with Gasteiger partial charge in [0.05, 0.1) is 25.9 Å². The second-order valence-corrected chi connectivity index (χ2v) is 7.93. The largest absolute Gasteiger partial charge is 0.497 e. The van der Waals surface area contributed by atoms with Crippen molar-refractivity contribution in [1.82, 2.24) is 10.2 Å². The van der Waals surface area contributed by atoms with Gasteiger partial charge in [-0.1, -0.05) is 12.1 Å². The Labute approximate surface area is 187 Å². The average Bonchev–Trinajstić information content (AvgIpc) is 3.13. The Morgan fingerprint density at radius 1 is 1.16 bits per heavy atom. The van der Waals surface area contributed by atoms with Crippen LogP contribution in [-0.2, 0) is 9.59 Å². The molecule has 2 N–H and O–H groups in total. The molecule has 168 valence electrons. The highest BCUT2D eigenvalue weighted by Crippen LogP contribution is 2.29. The van der Waals surface area contributed by atoms with Crippen LogP contribution in [0.5, 0.6) is 11.5 Å². The second-order valence-electron chi connectivity index (χ2n) is 7.93.